The van der Waals surface area contributed by atoms with Crippen LogP contribution in [0.4, 0.5) is 4.39 Å². The molecule has 1 N–H and O–H groups in total. The van der Waals surface area contributed by atoms with Crippen molar-refractivity contribution in [1.82, 2.24) is 10.2 Å². The number of benzene rings is 1. The molecule has 23 heavy (non-hydrogen) atoms. The minimum atomic E-state index is -0.483. The van der Waals surface area contributed by atoms with Crippen LogP contribution in [0.2, 0.25) is 0 Å². The van der Waals surface area contributed by atoms with E-state index in [0.717, 1.165) is 12.8 Å². The fourth-order valence-electron chi connectivity index (χ4n) is 3.71. The first-order valence-electron chi connectivity index (χ1n) is 7.87. The van der Waals surface area contributed by atoms with Crippen LogP contribution in [0.1, 0.15) is 29.6 Å². The van der Waals surface area contributed by atoms with Gasteiger partial charge in [-0.25, -0.2) is 4.39 Å². The lowest BCUT2D eigenvalue weighted by Gasteiger charge is -2.25. The van der Waals surface area contributed by atoms with Crippen LogP contribution in [0, 0.1) is 17.7 Å². The molecule has 1 aromatic rings. The summed E-state index contributed by atoms with van der Waals surface area (Å²) in [6.07, 6.45) is 2.29. The molecule has 1 saturated carbocycles. The van der Waals surface area contributed by atoms with Crippen LogP contribution in [-0.2, 0) is 4.79 Å². The van der Waals surface area contributed by atoms with Crippen LogP contribution in [0.15, 0.2) is 18.2 Å². The lowest BCUT2D eigenvalue weighted by molar-refractivity contribution is -0.124. The number of piperidine rings is 1. The minimum Gasteiger partial charge on any atom is -0.494 e. The zero-order valence-corrected chi connectivity index (χ0v) is 13.3. The summed E-state index contributed by atoms with van der Waals surface area (Å²) in [4.78, 5) is 25.9. The summed E-state index contributed by atoms with van der Waals surface area (Å²) >= 11 is 0. The van der Waals surface area contributed by atoms with Gasteiger partial charge in [0.15, 0.2) is 11.6 Å². The van der Waals surface area contributed by atoms with E-state index in [1.165, 1.54) is 25.3 Å². The van der Waals surface area contributed by atoms with E-state index in [2.05, 4.69) is 5.32 Å². The maximum atomic E-state index is 13.5. The first-order valence-corrected chi connectivity index (χ1v) is 7.87. The monoisotopic (exact) mass is 320 g/mol. The predicted octanol–water partition coefficient (Wildman–Crippen LogP) is 1.82. The molecule has 0 spiro atoms. The maximum absolute atomic E-state index is 13.5. The van der Waals surface area contributed by atoms with Gasteiger partial charge in [0.25, 0.3) is 5.91 Å². The molecule has 2 fully saturated rings. The average molecular weight is 320 g/mol. The molecule has 0 aromatic heterocycles. The normalized spacial score (nSPS) is 26.4. The van der Waals surface area contributed by atoms with Gasteiger partial charge in [-0.05, 0) is 42.9 Å². The molecule has 2 aliphatic rings. The van der Waals surface area contributed by atoms with Crippen LogP contribution in [0.5, 0.6) is 5.75 Å². The van der Waals surface area contributed by atoms with Crippen LogP contribution in [0.3, 0.4) is 0 Å². The number of hydrogen-bond acceptors (Lipinski definition) is 3. The largest absolute Gasteiger partial charge is 0.494 e. The molecule has 0 radical (unpaired) electrons. The first kappa shape index (κ1) is 15.8. The van der Waals surface area contributed by atoms with Crippen LogP contribution in [0.25, 0.3) is 0 Å². The third-order valence-electron chi connectivity index (χ3n) is 5.09. The standard InChI is InChI=1S/C17H21FN2O3/c1-20(13-5-11-8-16(21)19-9-12(11)6-13)17(22)10-3-4-14(18)15(7-10)23-2/h3-4,7,11-13H,5-6,8-9H2,1-2H3,(H,19,21)/t11-,12+,13-/m1/s1. The van der Waals surface area contributed by atoms with Crippen molar-refractivity contribution < 1.29 is 18.7 Å². The van der Waals surface area contributed by atoms with Crippen molar-refractivity contribution in [3.8, 4) is 5.75 Å². The summed E-state index contributed by atoms with van der Waals surface area (Å²) in [6, 6.07) is 4.27. The van der Waals surface area contributed by atoms with Gasteiger partial charge in [0.05, 0.1) is 7.11 Å². The SMILES string of the molecule is COc1cc(C(=O)N(C)[C@H]2C[C@H]3CNC(=O)C[C@H]3C2)ccc1F. The van der Waals surface area contributed by atoms with E-state index >= 15 is 0 Å². The van der Waals surface area contributed by atoms with Gasteiger partial charge in [0.2, 0.25) is 5.91 Å². The summed E-state index contributed by atoms with van der Waals surface area (Å²) in [5.41, 5.74) is 0.412. The molecule has 1 heterocycles. The maximum Gasteiger partial charge on any atom is 0.253 e. The third-order valence-corrected chi connectivity index (χ3v) is 5.09. The van der Waals surface area contributed by atoms with Crippen molar-refractivity contribution in [1.29, 1.82) is 0 Å². The van der Waals surface area contributed by atoms with Gasteiger partial charge in [0, 0.05) is 31.6 Å². The van der Waals surface area contributed by atoms with E-state index < -0.39 is 5.82 Å². The fraction of sp³-hybridized carbons (Fsp3) is 0.529. The van der Waals surface area contributed by atoms with Gasteiger partial charge in [-0.3, -0.25) is 9.59 Å². The van der Waals surface area contributed by atoms with Crippen LogP contribution in [-0.4, -0.2) is 43.5 Å². The van der Waals surface area contributed by atoms with Gasteiger partial charge in [0.1, 0.15) is 0 Å². The topological polar surface area (TPSA) is 58.6 Å². The summed E-state index contributed by atoms with van der Waals surface area (Å²) in [6.45, 7) is 0.701. The number of carbonyl (C=O) groups is 2. The number of ether oxygens (including phenoxy) is 1. The van der Waals surface area contributed by atoms with Crippen LogP contribution < -0.4 is 10.1 Å². The van der Waals surface area contributed by atoms with E-state index in [1.54, 1.807) is 11.9 Å². The molecule has 124 valence electrons. The third kappa shape index (κ3) is 3.02. The number of halogens is 1. The van der Waals surface area contributed by atoms with Gasteiger partial charge in [-0.2, -0.15) is 0 Å². The minimum absolute atomic E-state index is 0.0686. The van der Waals surface area contributed by atoms with Crippen molar-refractivity contribution in [3.05, 3.63) is 29.6 Å². The summed E-state index contributed by atoms with van der Waals surface area (Å²) < 4.78 is 18.4. The van der Waals surface area contributed by atoms with E-state index in [-0.39, 0.29) is 23.6 Å². The number of methoxy groups -OCH3 is 1. The highest BCUT2D eigenvalue weighted by Crippen LogP contribution is 2.38. The van der Waals surface area contributed by atoms with Crippen molar-refractivity contribution in [2.24, 2.45) is 11.8 Å². The highest BCUT2D eigenvalue weighted by molar-refractivity contribution is 5.94. The Labute approximate surface area is 134 Å². The second kappa shape index (κ2) is 6.18. The number of rotatable bonds is 3. The molecular weight excluding hydrogens is 299 g/mol. The van der Waals surface area contributed by atoms with Gasteiger partial charge >= 0.3 is 0 Å². The van der Waals surface area contributed by atoms with E-state index in [4.69, 9.17) is 4.74 Å². The second-order valence-electron chi connectivity index (χ2n) is 6.42. The molecule has 1 aromatic carbocycles. The number of fused-ring (bicyclic) bond motifs is 1. The Morgan fingerprint density at radius 3 is 2.83 bits per heavy atom. The van der Waals surface area contributed by atoms with Gasteiger partial charge in [-0.1, -0.05) is 0 Å². The zero-order valence-electron chi connectivity index (χ0n) is 13.3. The molecule has 1 aliphatic carbocycles. The van der Waals surface area contributed by atoms with Crippen molar-refractivity contribution in [2.45, 2.75) is 25.3 Å². The Bertz CT molecular complexity index is 634. The van der Waals surface area contributed by atoms with E-state index in [0.29, 0.717) is 30.4 Å². The Kier molecular flexibility index (Phi) is 4.24. The van der Waals surface area contributed by atoms with Crippen LogP contribution >= 0.6 is 0 Å². The fourth-order valence-corrected chi connectivity index (χ4v) is 3.71. The number of nitrogens with zero attached hydrogens (tertiary/aromatic N) is 1. The summed E-state index contributed by atoms with van der Waals surface area (Å²) in [7, 11) is 3.15. The summed E-state index contributed by atoms with van der Waals surface area (Å²) in [5.74, 6) is 0.333. The Balaban J connectivity index is 1.72. The molecule has 0 bridgehead atoms. The summed E-state index contributed by atoms with van der Waals surface area (Å²) in [5, 5.41) is 2.89. The number of carbonyl (C=O) groups excluding carboxylic acids is 2. The smallest absolute Gasteiger partial charge is 0.253 e. The molecule has 0 unspecified atom stereocenters. The van der Waals surface area contributed by atoms with Crippen molar-refractivity contribution in [3.63, 3.8) is 0 Å². The Morgan fingerprint density at radius 2 is 2.09 bits per heavy atom. The molecule has 1 aliphatic heterocycles. The molecular formula is C17H21FN2O3. The van der Waals surface area contributed by atoms with Crippen molar-refractivity contribution >= 4 is 11.8 Å². The van der Waals surface area contributed by atoms with E-state index in [1.807, 2.05) is 0 Å². The highest BCUT2D eigenvalue weighted by atomic mass is 19.1. The molecule has 1 saturated heterocycles. The Morgan fingerprint density at radius 1 is 1.35 bits per heavy atom. The van der Waals surface area contributed by atoms with Gasteiger partial charge in [-0.15, -0.1) is 0 Å². The molecule has 5 nitrogen and oxygen atoms in total. The van der Waals surface area contributed by atoms with E-state index in [9.17, 15) is 14.0 Å². The number of hydrogen-bond donors (Lipinski definition) is 1. The lowest BCUT2D eigenvalue weighted by atomic mass is 9.89. The zero-order chi connectivity index (χ0) is 16.6. The quantitative estimate of drug-likeness (QED) is 0.924. The van der Waals surface area contributed by atoms with Crippen molar-refractivity contribution in [2.75, 3.05) is 20.7 Å². The molecule has 3 rings (SSSR count). The first-order chi connectivity index (χ1) is 11.0. The average Bonchev–Trinajstić information content (AvgIpc) is 2.97. The lowest BCUT2D eigenvalue weighted by Crippen LogP contribution is -2.38. The predicted molar refractivity (Wildman–Crippen MR) is 82.7 cm³/mol. The molecule has 6 heteroatoms. The number of nitrogens with one attached hydrogen (secondary N) is 1. The van der Waals surface area contributed by atoms with Gasteiger partial charge < -0.3 is 15.0 Å². The highest BCUT2D eigenvalue weighted by Gasteiger charge is 2.40. The number of amides is 2. The molecule has 3 atom stereocenters. The second-order valence-corrected chi connectivity index (χ2v) is 6.42. The Hall–Kier alpha value is -2.11. The molecule has 2 amide bonds.